The average molecular weight is 510 g/mol. The van der Waals surface area contributed by atoms with Crippen molar-refractivity contribution in [1.29, 1.82) is 0 Å². The average Bonchev–Trinajstić information content (AvgIpc) is 2.93. The summed E-state index contributed by atoms with van der Waals surface area (Å²) in [4.78, 5) is 21.9. The van der Waals surface area contributed by atoms with Gasteiger partial charge in [-0.25, -0.2) is 4.98 Å². The molecule has 2 heterocycles. The molecular formula is C32H35N3O3. The van der Waals surface area contributed by atoms with Crippen LogP contribution < -0.4 is 15.0 Å². The Labute approximate surface area is 223 Å². The Balaban J connectivity index is 1.44. The number of nitrogens with zero attached hydrogens (tertiary/aromatic N) is 3. The Morgan fingerprint density at radius 3 is 2.42 bits per heavy atom. The second kappa shape index (κ2) is 10.6. The third-order valence-corrected chi connectivity index (χ3v) is 8.31. The molecule has 1 aromatic heterocycles. The molecule has 6 rings (SSSR count). The molecule has 1 unspecified atom stereocenters. The minimum atomic E-state index is 0.00651. The van der Waals surface area contributed by atoms with Crippen LogP contribution in [0.4, 0.5) is 0 Å². The van der Waals surface area contributed by atoms with Gasteiger partial charge < -0.3 is 14.4 Å². The molecule has 4 aromatic rings. The maximum Gasteiger partial charge on any atom is 0.261 e. The van der Waals surface area contributed by atoms with Crippen molar-refractivity contribution >= 4 is 10.9 Å². The first-order valence-corrected chi connectivity index (χ1v) is 13.7. The second-order valence-corrected chi connectivity index (χ2v) is 10.6. The minimum absolute atomic E-state index is 0.00651. The highest BCUT2D eigenvalue weighted by Crippen LogP contribution is 2.33. The number of aromatic nitrogens is 2. The third-order valence-electron chi connectivity index (χ3n) is 8.31. The van der Waals surface area contributed by atoms with Gasteiger partial charge >= 0.3 is 0 Å². The molecule has 1 aliphatic heterocycles. The molecular weight excluding hydrogens is 474 g/mol. The third kappa shape index (κ3) is 4.69. The number of ether oxygens (including phenoxy) is 2. The number of methoxy groups -OCH3 is 2. The zero-order valence-corrected chi connectivity index (χ0v) is 22.2. The lowest BCUT2D eigenvalue weighted by Crippen LogP contribution is -2.47. The predicted molar refractivity (Wildman–Crippen MR) is 152 cm³/mol. The summed E-state index contributed by atoms with van der Waals surface area (Å²) in [7, 11) is 3.33. The fourth-order valence-electron chi connectivity index (χ4n) is 5.98. The molecule has 1 atom stereocenters. The van der Waals surface area contributed by atoms with E-state index in [0.717, 1.165) is 47.2 Å². The largest absolute Gasteiger partial charge is 0.497 e. The van der Waals surface area contributed by atoms with Gasteiger partial charge in [-0.1, -0.05) is 36.8 Å². The van der Waals surface area contributed by atoms with Gasteiger partial charge in [-0.3, -0.25) is 9.36 Å². The van der Waals surface area contributed by atoms with Gasteiger partial charge in [0.25, 0.3) is 5.56 Å². The number of likely N-dealkylation sites (tertiary alicyclic amines) is 1. The smallest absolute Gasteiger partial charge is 0.261 e. The van der Waals surface area contributed by atoms with Crippen LogP contribution in [0.2, 0.25) is 0 Å². The van der Waals surface area contributed by atoms with Gasteiger partial charge in [0.2, 0.25) is 0 Å². The van der Waals surface area contributed by atoms with E-state index in [1.54, 1.807) is 14.2 Å². The fourth-order valence-corrected chi connectivity index (χ4v) is 5.98. The van der Waals surface area contributed by atoms with Gasteiger partial charge in [0.05, 0.1) is 30.7 Å². The van der Waals surface area contributed by atoms with Crippen LogP contribution in [0.3, 0.4) is 0 Å². The molecule has 0 amide bonds. The lowest BCUT2D eigenvalue weighted by Gasteiger charge is -2.42. The van der Waals surface area contributed by atoms with E-state index in [1.165, 1.54) is 32.2 Å². The minimum Gasteiger partial charge on any atom is -0.497 e. The van der Waals surface area contributed by atoms with Crippen molar-refractivity contribution in [3.05, 3.63) is 77.1 Å². The summed E-state index contributed by atoms with van der Waals surface area (Å²) in [5, 5.41) is 0.642. The van der Waals surface area contributed by atoms with Crippen LogP contribution in [0, 0.1) is 5.92 Å². The van der Waals surface area contributed by atoms with Gasteiger partial charge in [-0.2, -0.15) is 0 Å². The summed E-state index contributed by atoms with van der Waals surface area (Å²) in [6, 6.07) is 22.5. The van der Waals surface area contributed by atoms with Crippen molar-refractivity contribution in [2.75, 3.05) is 27.3 Å². The van der Waals surface area contributed by atoms with Gasteiger partial charge in [0, 0.05) is 19.1 Å². The summed E-state index contributed by atoms with van der Waals surface area (Å²) >= 11 is 0. The van der Waals surface area contributed by atoms with Crippen molar-refractivity contribution in [2.45, 2.75) is 44.7 Å². The number of fused-ring (bicyclic) bond motifs is 1. The zero-order valence-electron chi connectivity index (χ0n) is 22.2. The molecule has 3 aromatic carbocycles. The van der Waals surface area contributed by atoms with Crippen LogP contribution >= 0.6 is 0 Å². The van der Waals surface area contributed by atoms with Gasteiger partial charge in [-0.05, 0) is 85.7 Å². The fraction of sp³-hybridized carbons (Fsp3) is 0.375. The molecule has 6 heteroatoms. The van der Waals surface area contributed by atoms with Crippen LogP contribution in [0.25, 0.3) is 33.4 Å². The highest BCUT2D eigenvalue weighted by atomic mass is 16.5. The molecule has 0 N–H and O–H groups in total. The monoisotopic (exact) mass is 509 g/mol. The molecule has 1 aliphatic carbocycles. The molecule has 1 saturated carbocycles. The topological polar surface area (TPSA) is 56.6 Å². The summed E-state index contributed by atoms with van der Waals surface area (Å²) < 4.78 is 12.9. The van der Waals surface area contributed by atoms with E-state index in [2.05, 4.69) is 4.90 Å². The Morgan fingerprint density at radius 2 is 1.68 bits per heavy atom. The van der Waals surface area contributed by atoms with Crippen LogP contribution in [-0.2, 0) is 6.54 Å². The van der Waals surface area contributed by atoms with E-state index in [-0.39, 0.29) is 5.56 Å². The van der Waals surface area contributed by atoms with Crippen molar-refractivity contribution in [1.82, 2.24) is 14.5 Å². The molecule has 0 bridgehead atoms. The Bertz CT molecular complexity index is 1490. The first kappa shape index (κ1) is 24.7. The van der Waals surface area contributed by atoms with E-state index in [9.17, 15) is 4.79 Å². The highest BCUT2D eigenvalue weighted by Gasteiger charge is 2.30. The van der Waals surface area contributed by atoms with E-state index < -0.39 is 0 Å². The van der Waals surface area contributed by atoms with E-state index in [4.69, 9.17) is 14.5 Å². The van der Waals surface area contributed by atoms with Crippen LogP contribution in [0.15, 0.2) is 71.5 Å². The normalized spacial score (nSPS) is 18.3. The van der Waals surface area contributed by atoms with Crippen LogP contribution in [0.5, 0.6) is 11.5 Å². The number of rotatable bonds is 7. The molecule has 2 fully saturated rings. The Kier molecular flexibility index (Phi) is 6.90. The number of hydrogen-bond acceptors (Lipinski definition) is 5. The van der Waals surface area contributed by atoms with Crippen molar-refractivity contribution < 1.29 is 9.47 Å². The van der Waals surface area contributed by atoms with E-state index in [0.29, 0.717) is 29.2 Å². The number of piperidine rings is 1. The number of hydrogen-bond donors (Lipinski definition) is 0. The van der Waals surface area contributed by atoms with Gasteiger partial charge in [0.15, 0.2) is 0 Å². The van der Waals surface area contributed by atoms with Crippen LogP contribution in [-0.4, -0.2) is 47.8 Å². The number of benzene rings is 3. The molecule has 2 aliphatic rings. The van der Waals surface area contributed by atoms with Gasteiger partial charge in [-0.15, -0.1) is 0 Å². The molecule has 0 spiro atoms. The first-order valence-electron chi connectivity index (χ1n) is 13.7. The molecule has 1 saturated heterocycles. The number of para-hydroxylation sites is 1. The van der Waals surface area contributed by atoms with Gasteiger partial charge in [0.1, 0.15) is 17.3 Å². The van der Waals surface area contributed by atoms with E-state index in [1.807, 2.05) is 71.3 Å². The standard InChI is InChI=1S/C32H35N3O3/c1-37-26-15-12-23(13-16-26)24-14-17-29-28(19-24)32(36)35(31(33-29)27-10-3-4-11-30(27)38-2)21-22-7-6-18-34(20-22)25-8-5-9-25/h3-4,10-17,19,22,25H,5-9,18,20-21H2,1-2H3. The molecule has 0 radical (unpaired) electrons. The first-order chi connectivity index (χ1) is 18.6. The Morgan fingerprint density at radius 1 is 0.895 bits per heavy atom. The zero-order chi connectivity index (χ0) is 26.1. The molecule has 196 valence electrons. The lowest BCUT2D eigenvalue weighted by molar-refractivity contribution is 0.0717. The second-order valence-electron chi connectivity index (χ2n) is 10.6. The highest BCUT2D eigenvalue weighted by molar-refractivity contribution is 5.85. The maximum absolute atomic E-state index is 14.2. The SMILES string of the molecule is COc1ccc(-c2ccc3nc(-c4ccccc4OC)n(CC4CCCN(C5CCC5)C4)c(=O)c3c2)cc1. The Hall–Kier alpha value is -3.64. The van der Waals surface area contributed by atoms with E-state index >= 15 is 0 Å². The summed E-state index contributed by atoms with van der Waals surface area (Å²) in [6.07, 6.45) is 6.28. The summed E-state index contributed by atoms with van der Waals surface area (Å²) in [5.74, 6) is 2.63. The van der Waals surface area contributed by atoms with Crippen LogP contribution in [0.1, 0.15) is 32.1 Å². The quantitative estimate of drug-likeness (QED) is 0.305. The molecule has 6 nitrogen and oxygen atoms in total. The summed E-state index contributed by atoms with van der Waals surface area (Å²) in [5.41, 5.74) is 3.58. The van der Waals surface area contributed by atoms with Crippen molar-refractivity contribution in [2.24, 2.45) is 5.92 Å². The lowest BCUT2D eigenvalue weighted by atomic mass is 9.87. The molecule has 38 heavy (non-hydrogen) atoms. The maximum atomic E-state index is 14.2. The van der Waals surface area contributed by atoms with Crippen molar-refractivity contribution in [3.63, 3.8) is 0 Å². The summed E-state index contributed by atoms with van der Waals surface area (Å²) in [6.45, 7) is 2.88. The predicted octanol–water partition coefficient (Wildman–Crippen LogP) is 6.01. The van der Waals surface area contributed by atoms with Crippen molar-refractivity contribution in [3.8, 4) is 34.0 Å².